The summed E-state index contributed by atoms with van der Waals surface area (Å²) < 4.78 is 10.9. The van der Waals surface area contributed by atoms with Gasteiger partial charge in [0, 0.05) is 0 Å². The Labute approximate surface area is 112 Å². The van der Waals surface area contributed by atoms with E-state index < -0.39 is 8.09 Å². The van der Waals surface area contributed by atoms with Crippen LogP contribution in [-0.4, -0.2) is 11.9 Å². The molecule has 0 saturated carbocycles. The van der Waals surface area contributed by atoms with Crippen molar-refractivity contribution in [3.63, 3.8) is 0 Å². The maximum absolute atomic E-state index is 10.3. The first-order valence-corrected chi connectivity index (χ1v) is 7.17. The molecule has 2 aromatic rings. The molecule has 0 heterocycles. The third-order valence-electron chi connectivity index (χ3n) is 2.14. The van der Waals surface area contributed by atoms with Crippen molar-refractivity contribution in [2.75, 3.05) is 7.05 Å². The molecule has 0 aliphatic rings. The summed E-state index contributed by atoms with van der Waals surface area (Å²) in [6.07, 6.45) is 0. The summed E-state index contributed by atoms with van der Waals surface area (Å²) in [5, 5.41) is 3.57. The predicted octanol–water partition coefficient (Wildman–Crippen LogP) is 3.90. The third kappa shape index (κ3) is 4.02. The van der Waals surface area contributed by atoms with Crippen molar-refractivity contribution in [1.29, 1.82) is 0 Å². The van der Waals surface area contributed by atoms with E-state index >= 15 is 0 Å². The van der Waals surface area contributed by atoms with Gasteiger partial charge in [0.15, 0.2) is 11.5 Å². The lowest BCUT2D eigenvalue weighted by molar-refractivity contribution is 0.345. The summed E-state index contributed by atoms with van der Waals surface area (Å²) in [7, 11) is -2.00. The highest BCUT2D eigenvalue weighted by molar-refractivity contribution is 7.59. The van der Waals surface area contributed by atoms with E-state index in [0.717, 1.165) is 0 Å². The lowest BCUT2D eigenvalue weighted by Gasteiger charge is -2.10. The number of nitrogens with zero attached hydrogens (tertiary/aromatic N) is 2. The van der Waals surface area contributed by atoms with Gasteiger partial charge in [-0.25, -0.2) is 0 Å². The van der Waals surface area contributed by atoms with Gasteiger partial charge in [-0.1, -0.05) is 36.4 Å². The topological polar surface area (TPSA) is 63.4 Å². The van der Waals surface area contributed by atoms with E-state index in [0.29, 0.717) is 11.5 Å². The van der Waals surface area contributed by atoms with Crippen LogP contribution in [0.1, 0.15) is 0 Å². The van der Waals surface area contributed by atoms with E-state index in [4.69, 9.17) is 9.05 Å². The average Bonchev–Trinajstić information content (AvgIpc) is 2.41. The Morgan fingerprint density at radius 1 is 0.842 bits per heavy atom. The predicted molar refractivity (Wildman–Crippen MR) is 74.1 cm³/mol. The van der Waals surface area contributed by atoms with Crippen molar-refractivity contribution in [1.82, 2.24) is 0 Å². The number of benzene rings is 2. The Morgan fingerprint density at radius 2 is 1.26 bits per heavy atom. The molecule has 0 atom stereocenters. The van der Waals surface area contributed by atoms with Gasteiger partial charge < -0.3 is 0 Å². The van der Waals surface area contributed by atoms with Gasteiger partial charge in [0.2, 0.25) is 0 Å². The summed E-state index contributed by atoms with van der Waals surface area (Å²) in [4.78, 5) is 14.0. The molecule has 5 nitrogen and oxygen atoms in total. The molecule has 2 rings (SSSR count). The van der Waals surface area contributed by atoms with Gasteiger partial charge in [-0.15, -0.1) is 5.11 Å². The lowest BCUT2D eigenvalue weighted by Crippen LogP contribution is -2.05. The van der Waals surface area contributed by atoms with Crippen LogP contribution in [0.3, 0.4) is 0 Å². The molecule has 1 N–H and O–H groups in total. The molecule has 0 aliphatic carbocycles. The average molecular weight is 277 g/mol. The molecule has 19 heavy (non-hydrogen) atoms. The van der Waals surface area contributed by atoms with Gasteiger partial charge in [-0.2, -0.15) is 4.89 Å². The summed E-state index contributed by atoms with van der Waals surface area (Å²) >= 11 is 0. The molecule has 6 heteroatoms. The molecule has 0 unspecified atom stereocenters. The van der Waals surface area contributed by atoms with Crippen LogP contribution >= 0.6 is 8.09 Å². The Hall–Kier alpha value is -1.97. The first-order valence-electron chi connectivity index (χ1n) is 5.64. The molecule has 98 valence electrons. The molecule has 0 aliphatic heterocycles. The van der Waals surface area contributed by atoms with Gasteiger partial charge in [-0.05, 0) is 24.3 Å². The second kappa shape index (κ2) is 6.27. The van der Waals surface area contributed by atoms with Gasteiger partial charge in [0.25, 0.3) is 0 Å². The van der Waals surface area contributed by atoms with Crippen LogP contribution in [0.25, 0.3) is 0 Å². The van der Waals surface area contributed by atoms with Gasteiger partial charge in [-0.3, -0.25) is 9.05 Å². The van der Waals surface area contributed by atoms with Crippen molar-refractivity contribution in [2.24, 2.45) is 10.00 Å². The normalized spacial score (nSPS) is 11.5. The lowest BCUT2D eigenvalue weighted by atomic mass is 10.3. The highest BCUT2D eigenvalue weighted by atomic mass is 31.2. The van der Waals surface area contributed by atoms with E-state index in [1.165, 1.54) is 7.05 Å². The maximum atomic E-state index is 10.3. The van der Waals surface area contributed by atoms with Crippen LogP contribution < -0.4 is 9.05 Å². The number of rotatable bonds is 5. The molecular formula is C13H14N2O3P+. The summed E-state index contributed by atoms with van der Waals surface area (Å²) in [5.41, 5.74) is 0. The van der Waals surface area contributed by atoms with Crippen LogP contribution in [0.15, 0.2) is 70.7 Å². The fourth-order valence-corrected chi connectivity index (χ4v) is 2.53. The highest BCUT2D eigenvalue weighted by Gasteiger charge is 2.46. The molecule has 0 radical (unpaired) electrons. The second-order valence-electron chi connectivity index (χ2n) is 3.59. The first kappa shape index (κ1) is 13.5. The molecule has 2 aromatic carbocycles. The highest BCUT2D eigenvalue weighted by Crippen LogP contribution is 2.57. The van der Waals surface area contributed by atoms with Gasteiger partial charge in [0.05, 0.1) is 11.9 Å². The van der Waals surface area contributed by atoms with E-state index in [9.17, 15) is 4.89 Å². The second-order valence-corrected chi connectivity index (χ2v) is 5.11. The molecular weight excluding hydrogens is 263 g/mol. The first-order chi connectivity index (χ1) is 9.22. The minimum absolute atomic E-state index is 0.474. The zero-order valence-electron chi connectivity index (χ0n) is 10.4. The smallest absolute Gasteiger partial charge is 0.257 e. The van der Waals surface area contributed by atoms with Crippen molar-refractivity contribution in [3.8, 4) is 11.5 Å². The zero-order chi connectivity index (χ0) is 13.6. The fourth-order valence-electron chi connectivity index (χ4n) is 1.41. The van der Waals surface area contributed by atoms with Gasteiger partial charge >= 0.3 is 8.09 Å². The van der Waals surface area contributed by atoms with Crippen LogP contribution in [0.2, 0.25) is 0 Å². The standard InChI is InChI=1S/C13H14N2O3P/c1-14-15-19(16,17-12-8-4-2-5-9-12)18-13-10-6-3-7-11-13/h2-11,16H,1H3/q+1. The molecule has 0 fully saturated rings. The van der Waals surface area contributed by atoms with Gasteiger partial charge in [0.1, 0.15) is 0 Å². The largest absolute Gasteiger partial charge is 0.662 e. The number of hydrogen-bond donors (Lipinski definition) is 1. The van der Waals surface area contributed by atoms with Crippen LogP contribution in [0.5, 0.6) is 11.5 Å². The minimum atomic E-state index is -3.45. The van der Waals surface area contributed by atoms with Crippen molar-refractivity contribution < 1.29 is 13.9 Å². The molecule has 0 bridgehead atoms. The van der Waals surface area contributed by atoms with E-state index in [1.54, 1.807) is 48.5 Å². The summed E-state index contributed by atoms with van der Waals surface area (Å²) in [5.74, 6) is 0.948. The molecule has 0 aromatic heterocycles. The fraction of sp³-hybridized carbons (Fsp3) is 0.0769. The van der Waals surface area contributed by atoms with Crippen LogP contribution in [-0.2, 0) is 0 Å². The van der Waals surface area contributed by atoms with Crippen molar-refractivity contribution >= 4 is 8.09 Å². The van der Waals surface area contributed by atoms with Crippen molar-refractivity contribution in [2.45, 2.75) is 0 Å². The molecule has 0 amide bonds. The number of hydrogen-bond acceptors (Lipinski definition) is 5. The van der Waals surface area contributed by atoms with Crippen LogP contribution in [0.4, 0.5) is 0 Å². The van der Waals surface area contributed by atoms with Crippen molar-refractivity contribution in [3.05, 3.63) is 60.7 Å². The Morgan fingerprint density at radius 3 is 1.63 bits per heavy atom. The minimum Gasteiger partial charge on any atom is -0.257 e. The van der Waals surface area contributed by atoms with E-state index in [1.807, 2.05) is 12.1 Å². The Kier molecular flexibility index (Phi) is 4.44. The Bertz CT molecular complexity index is 493. The molecule has 0 saturated heterocycles. The quantitative estimate of drug-likeness (QED) is 0.666. The zero-order valence-corrected chi connectivity index (χ0v) is 11.3. The third-order valence-corrected chi connectivity index (χ3v) is 3.44. The van der Waals surface area contributed by atoms with Crippen LogP contribution in [0, 0.1) is 0 Å². The van der Waals surface area contributed by atoms with E-state index in [-0.39, 0.29) is 0 Å². The Balaban J connectivity index is 2.18. The number of para-hydroxylation sites is 2. The monoisotopic (exact) mass is 277 g/mol. The summed E-state index contributed by atoms with van der Waals surface area (Å²) in [6, 6.07) is 17.7. The SMILES string of the molecule is CN=N[P+](O)(Oc1ccccc1)Oc1ccccc1. The molecule has 0 spiro atoms. The van der Waals surface area contributed by atoms with E-state index in [2.05, 4.69) is 10.00 Å². The maximum Gasteiger partial charge on any atom is 0.662 e. The summed E-state index contributed by atoms with van der Waals surface area (Å²) in [6.45, 7) is 0.